The van der Waals surface area contributed by atoms with Crippen LogP contribution in [0.3, 0.4) is 0 Å². The molecular weight excluding hydrogens is 422 g/mol. The van der Waals surface area contributed by atoms with Crippen LogP contribution in [0.4, 0.5) is 0 Å². The Morgan fingerprint density at radius 2 is 1.88 bits per heavy atom. The van der Waals surface area contributed by atoms with Crippen LogP contribution in [0.15, 0.2) is 56.1 Å². The summed E-state index contributed by atoms with van der Waals surface area (Å²) >= 11 is 9.32. The summed E-state index contributed by atoms with van der Waals surface area (Å²) in [6, 6.07) is 11.4. The molecule has 4 rings (SSSR count). The number of carbonyl (C=O) groups is 1. The smallest absolute Gasteiger partial charge is 0.290 e. The highest BCUT2D eigenvalue weighted by Gasteiger charge is 2.42. The number of carbonyl (C=O) groups excluding carboxylic acids is 1. The molecule has 2 heterocycles. The second-order valence-electron chi connectivity index (χ2n) is 5.99. The summed E-state index contributed by atoms with van der Waals surface area (Å²) in [5, 5.41) is 10.4. The van der Waals surface area contributed by atoms with Crippen molar-refractivity contribution in [1.29, 1.82) is 0 Å². The van der Waals surface area contributed by atoms with E-state index in [4.69, 9.17) is 16.0 Å². The van der Waals surface area contributed by atoms with Gasteiger partial charge in [-0.2, -0.15) is 0 Å². The van der Waals surface area contributed by atoms with Gasteiger partial charge in [0.2, 0.25) is 5.76 Å². The van der Waals surface area contributed by atoms with Gasteiger partial charge in [0.15, 0.2) is 5.43 Å². The number of hydrogen-bond donors (Lipinski definition) is 1. The molecule has 0 spiro atoms. The van der Waals surface area contributed by atoms with E-state index < -0.39 is 11.9 Å². The van der Waals surface area contributed by atoms with E-state index in [0.717, 1.165) is 10.0 Å². The van der Waals surface area contributed by atoms with Crippen LogP contribution in [-0.2, 0) is 0 Å². The van der Waals surface area contributed by atoms with Crippen LogP contribution in [0.25, 0.3) is 11.0 Å². The Morgan fingerprint density at radius 1 is 1.15 bits per heavy atom. The lowest BCUT2D eigenvalue weighted by molar-refractivity contribution is 0.0691. The number of hydrogen-bond acceptors (Lipinski definition) is 4. The summed E-state index contributed by atoms with van der Waals surface area (Å²) < 4.78 is 6.53. The summed E-state index contributed by atoms with van der Waals surface area (Å²) in [7, 11) is 0. The molecule has 0 bridgehead atoms. The van der Waals surface area contributed by atoms with E-state index in [1.54, 1.807) is 42.5 Å². The molecule has 1 N–H and O–H groups in total. The van der Waals surface area contributed by atoms with Crippen molar-refractivity contribution >= 4 is 44.4 Å². The zero-order valence-corrected chi connectivity index (χ0v) is 15.8. The molecule has 0 radical (unpaired) electrons. The molecule has 1 aliphatic rings. The van der Waals surface area contributed by atoms with Gasteiger partial charge in [0.25, 0.3) is 5.91 Å². The highest BCUT2D eigenvalue weighted by Crippen LogP contribution is 2.38. The third kappa shape index (κ3) is 2.65. The van der Waals surface area contributed by atoms with Gasteiger partial charge in [0.1, 0.15) is 5.58 Å². The molecule has 2 aromatic carbocycles. The normalized spacial score (nSPS) is 16.3. The Hall–Kier alpha value is -2.15. The molecule has 0 fully saturated rings. The first-order valence-electron chi connectivity index (χ1n) is 7.95. The van der Waals surface area contributed by atoms with E-state index in [-0.39, 0.29) is 29.9 Å². The lowest BCUT2D eigenvalue weighted by Gasteiger charge is -2.24. The number of amides is 1. The van der Waals surface area contributed by atoms with Crippen molar-refractivity contribution in [3.63, 3.8) is 0 Å². The van der Waals surface area contributed by atoms with E-state index in [1.165, 1.54) is 4.90 Å². The molecule has 5 nitrogen and oxygen atoms in total. The Morgan fingerprint density at radius 3 is 2.58 bits per heavy atom. The summed E-state index contributed by atoms with van der Waals surface area (Å²) in [5.74, 6) is -0.380. The fourth-order valence-electron chi connectivity index (χ4n) is 3.32. The molecule has 1 amide bonds. The Labute approximate surface area is 161 Å². The quantitative estimate of drug-likeness (QED) is 0.682. The molecule has 26 heavy (non-hydrogen) atoms. The highest BCUT2D eigenvalue weighted by molar-refractivity contribution is 9.10. The number of aliphatic hydroxyl groups is 1. The van der Waals surface area contributed by atoms with E-state index in [1.807, 2.05) is 0 Å². The predicted molar refractivity (Wildman–Crippen MR) is 102 cm³/mol. The van der Waals surface area contributed by atoms with E-state index in [9.17, 15) is 14.7 Å². The number of fused-ring (bicyclic) bond motifs is 2. The van der Waals surface area contributed by atoms with Gasteiger partial charge in [-0.15, -0.1) is 0 Å². The standard InChI is InChI=1S/C19H13BrClNO4/c20-11-3-6-14-13(9-11)17(24)15-16(10-1-4-12(21)5-2-10)22(7-8-23)19(25)18(15)26-14/h1-6,9,16,23H,7-8H2. The zero-order chi connectivity index (χ0) is 18.4. The second-order valence-corrected chi connectivity index (χ2v) is 7.34. The summed E-state index contributed by atoms with van der Waals surface area (Å²) in [6.45, 7) is -0.126. The van der Waals surface area contributed by atoms with Crippen molar-refractivity contribution in [3.05, 3.63) is 79.1 Å². The van der Waals surface area contributed by atoms with Crippen LogP contribution in [-0.4, -0.2) is 29.1 Å². The van der Waals surface area contributed by atoms with E-state index in [0.29, 0.717) is 16.0 Å². The lowest BCUT2D eigenvalue weighted by atomic mass is 9.98. The first-order valence-corrected chi connectivity index (χ1v) is 9.12. The third-order valence-corrected chi connectivity index (χ3v) is 5.20. The fourth-order valence-corrected chi connectivity index (χ4v) is 3.81. The highest BCUT2D eigenvalue weighted by atomic mass is 79.9. The monoisotopic (exact) mass is 433 g/mol. The first-order chi connectivity index (χ1) is 12.5. The topological polar surface area (TPSA) is 70.8 Å². The van der Waals surface area contributed by atoms with Gasteiger partial charge in [-0.1, -0.05) is 39.7 Å². The zero-order valence-electron chi connectivity index (χ0n) is 13.4. The average molecular weight is 435 g/mol. The molecule has 1 aromatic heterocycles. The maximum atomic E-state index is 13.2. The number of halogens is 2. The maximum absolute atomic E-state index is 13.2. The summed E-state index contributed by atoms with van der Waals surface area (Å²) in [4.78, 5) is 27.5. The Bertz CT molecular complexity index is 1080. The minimum absolute atomic E-state index is 0.0261. The SMILES string of the molecule is O=C1c2oc3ccc(Br)cc3c(=O)c2C(c2ccc(Cl)cc2)N1CCO. The minimum atomic E-state index is -0.624. The molecule has 132 valence electrons. The van der Waals surface area contributed by atoms with Crippen LogP contribution in [0.2, 0.25) is 5.02 Å². The molecular formula is C19H13BrClNO4. The van der Waals surface area contributed by atoms with E-state index in [2.05, 4.69) is 15.9 Å². The molecule has 7 heteroatoms. The maximum Gasteiger partial charge on any atom is 0.290 e. The van der Waals surface area contributed by atoms with Crippen LogP contribution in [0.5, 0.6) is 0 Å². The van der Waals surface area contributed by atoms with Gasteiger partial charge < -0.3 is 14.4 Å². The number of aliphatic hydroxyl groups excluding tert-OH is 1. The summed E-state index contributed by atoms with van der Waals surface area (Å²) in [6.07, 6.45) is 0. The molecule has 3 aromatic rings. The molecule has 0 aliphatic carbocycles. The van der Waals surface area contributed by atoms with Gasteiger partial charge in [-0.3, -0.25) is 9.59 Å². The largest absolute Gasteiger partial charge is 0.450 e. The first kappa shape index (κ1) is 17.3. The van der Waals surface area contributed by atoms with Crippen molar-refractivity contribution in [1.82, 2.24) is 4.90 Å². The third-order valence-electron chi connectivity index (χ3n) is 4.45. The van der Waals surface area contributed by atoms with Crippen molar-refractivity contribution < 1.29 is 14.3 Å². The molecule has 1 unspecified atom stereocenters. The van der Waals surface area contributed by atoms with Crippen molar-refractivity contribution in [2.24, 2.45) is 0 Å². The predicted octanol–water partition coefficient (Wildman–Crippen LogP) is 3.75. The Balaban J connectivity index is 2.01. The fraction of sp³-hybridized carbons (Fsp3) is 0.158. The van der Waals surface area contributed by atoms with Gasteiger partial charge >= 0.3 is 0 Å². The number of β-amino-alcohol motifs (C(OH)–C–C–N with tert-alkyl or cyclic N) is 1. The van der Waals surface area contributed by atoms with Gasteiger partial charge in [0.05, 0.1) is 23.6 Å². The van der Waals surface area contributed by atoms with Crippen LogP contribution < -0.4 is 5.43 Å². The average Bonchev–Trinajstić information content (AvgIpc) is 2.90. The molecule has 1 aliphatic heterocycles. The van der Waals surface area contributed by atoms with Crippen LogP contribution in [0.1, 0.15) is 27.7 Å². The molecule has 1 atom stereocenters. The van der Waals surface area contributed by atoms with Crippen LogP contribution in [0, 0.1) is 0 Å². The summed E-state index contributed by atoms with van der Waals surface area (Å²) in [5.41, 5.74) is 1.12. The number of benzene rings is 2. The second kappa shape index (κ2) is 6.54. The minimum Gasteiger partial charge on any atom is -0.450 e. The van der Waals surface area contributed by atoms with Gasteiger partial charge in [-0.25, -0.2) is 0 Å². The van der Waals surface area contributed by atoms with Crippen molar-refractivity contribution in [2.45, 2.75) is 6.04 Å². The molecule has 0 saturated heterocycles. The number of rotatable bonds is 3. The van der Waals surface area contributed by atoms with Crippen LogP contribution >= 0.6 is 27.5 Å². The van der Waals surface area contributed by atoms with E-state index >= 15 is 0 Å². The Kier molecular flexibility index (Phi) is 4.34. The van der Waals surface area contributed by atoms with Crippen molar-refractivity contribution in [2.75, 3.05) is 13.2 Å². The lowest BCUT2D eigenvalue weighted by Crippen LogP contribution is -2.32. The number of nitrogens with zero attached hydrogens (tertiary/aromatic N) is 1. The van der Waals surface area contributed by atoms with Crippen molar-refractivity contribution in [3.8, 4) is 0 Å². The van der Waals surface area contributed by atoms with Gasteiger partial charge in [0, 0.05) is 16.0 Å². The van der Waals surface area contributed by atoms with Gasteiger partial charge in [-0.05, 0) is 35.9 Å². The molecule has 0 saturated carbocycles.